The van der Waals surface area contributed by atoms with Crippen LogP contribution < -0.4 is 5.32 Å². The number of aryl methyl sites for hydroxylation is 2. The van der Waals surface area contributed by atoms with Crippen LogP contribution in [-0.4, -0.2) is 39.5 Å². The number of amides is 1. The van der Waals surface area contributed by atoms with Gasteiger partial charge < -0.3 is 10.1 Å². The fourth-order valence-corrected chi connectivity index (χ4v) is 6.17. The number of benzene rings is 1. The first kappa shape index (κ1) is 24.2. The fourth-order valence-electron chi connectivity index (χ4n) is 4.13. The van der Waals surface area contributed by atoms with E-state index in [0.29, 0.717) is 22.3 Å². The number of allylic oxidation sites excluding steroid dienone is 1. The van der Waals surface area contributed by atoms with Gasteiger partial charge in [-0.15, -0.1) is 28.1 Å². The van der Waals surface area contributed by atoms with E-state index in [1.165, 1.54) is 35.1 Å². The molecular weight excluding hydrogens is 468 g/mol. The van der Waals surface area contributed by atoms with E-state index in [1.807, 2.05) is 29.7 Å². The van der Waals surface area contributed by atoms with Crippen molar-refractivity contribution in [2.75, 3.05) is 18.2 Å². The summed E-state index contributed by atoms with van der Waals surface area (Å²) >= 11 is 2.80. The van der Waals surface area contributed by atoms with Crippen LogP contribution in [0.4, 0.5) is 5.00 Å². The first-order valence-corrected chi connectivity index (χ1v) is 13.1. The molecule has 0 fully saturated rings. The van der Waals surface area contributed by atoms with E-state index in [0.717, 1.165) is 54.6 Å². The molecule has 0 spiro atoms. The zero-order chi connectivity index (χ0) is 24.1. The summed E-state index contributed by atoms with van der Waals surface area (Å²) in [5.41, 5.74) is 3.65. The van der Waals surface area contributed by atoms with Gasteiger partial charge in [-0.05, 0) is 44.2 Å². The third kappa shape index (κ3) is 5.26. The van der Waals surface area contributed by atoms with Crippen molar-refractivity contribution in [1.82, 2.24) is 14.8 Å². The van der Waals surface area contributed by atoms with Crippen molar-refractivity contribution in [1.29, 1.82) is 0 Å². The number of nitrogens with zero attached hydrogens (tertiary/aromatic N) is 3. The van der Waals surface area contributed by atoms with Gasteiger partial charge in [0, 0.05) is 17.0 Å². The fraction of sp³-hybridized carbons (Fsp3) is 0.360. The third-order valence-corrected chi connectivity index (χ3v) is 7.87. The number of hydrogen-bond donors (Lipinski definition) is 1. The standard InChI is InChI=1S/C25H28N4O3S2/c1-4-13-29-22(17-10-8-9-16(2)14-17)27-28-25(29)33-15-20(30)26-23-21(24(31)32-3)18-11-6-5-7-12-19(18)34-23/h4,8-10,14H,1,5-7,11-13,15H2,2-3H3,(H,26,30). The lowest BCUT2D eigenvalue weighted by Crippen LogP contribution is -2.16. The average Bonchev–Trinajstić information content (AvgIpc) is 3.29. The second kappa shape index (κ2) is 11.0. The molecule has 0 aliphatic heterocycles. The first-order valence-electron chi connectivity index (χ1n) is 11.3. The van der Waals surface area contributed by atoms with Crippen LogP contribution in [0.3, 0.4) is 0 Å². The number of carbonyl (C=O) groups excluding carboxylic acids is 2. The largest absolute Gasteiger partial charge is 0.465 e. The number of thioether (sulfide) groups is 1. The molecule has 0 radical (unpaired) electrons. The maximum atomic E-state index is 12.9. The number of thiophene rings is 1. The Balaban J connectivity index is 1.51. The Morgan fingerprint density at radius 3 is 2.85 bits per heavy atom. The minimum Gasteiger partial charge on any atom is -0.465 e. The van der Waals surface area contributed by atoms with Crippen molar-refractivity contribution in [3.8, 4) is 11.4 Å². The molecule has 0 saturated heterocycles. The van der Waals surface area contributed by atoms with Gasteiger partial charge in [0.15, 0.2) is 11.0 Å². The zero-order valence-corrected chi connectivity index (χ0v) is 21.1. The zero-order valence-electron chi connectivity index (χ0n) is 19.4. The Bertz CT molecular complexity index is 1210. The molecule has 178 valence electrons. The summed E-state index contributed by atoms with van der Waals surface area (Å²) in [6, 6.07) is 8.07. The Morgan fingerprint density at radius 2 is 2.09 bits per heavy atom. The number of ether oxygens (including phenoxy) is 1. The van der Waals surface area contributed by atoms with E-state index < -0.39 is 5.97 Å². The van der Waals surface area contributed by atoms with Gasteiger partial charge in [0.05, 0.1) is 18.4 Å². The molecule has 0 saturated carbocycles. The topological polar surface area (TPSA) is 86.1 Å². The smallest absolute Gasteiger partial charge is 0.341 e. The second-order valence-electron chi connectivity index (χ2n) is 8.17. The van der Waals surface area contributed by atoms with Gasteiger partial charge in [-0.2, -0.15) is 0 Å². The molecule has 7 nitrogen and oxygen atoms in total. The lowest BCUT2D eigenvalue weighted by molar-refractivity contribution is -0.113. The molecule has 3 aromatic rings. The number of methoxy groups -OCH3 is 1. The molecule has 4 rings (SSSR count). The maximum Gasteiger partial charge on any atom is 0.341 e. The number of anilines is 1. The Hall–Kier alpha value is -2.91. The molecule has 1 aliphatic rings. The third-order valence-electron chi connectivity index (χ3n) is 5.70. The van der Waals surface area contributed by atoms with E-state index in [-0.39, 0.29) is 11.7 Å². The van der Waals surface area contributed by atoms with Crippen molar-refractivity contribution < 1.29 is 14.3 Å². The van der Waals surface area contributed by atoms with Crippen molar-refractivity contribution in [3.63, 3.8) is 0 Å². The number of esters is 1. The quantitative estimate of drug-likeness (QED) is 0.197. The van der Waals surface area contributed by atoms with Crippen molar-refractivity contribution in [2.24, 2.45) is 0 Å². The molecular formula is C25H28N4O3S2. The summed E-state index contributed by atoms with van der Waals surface area (Å²) in [5, 5.41) is 12.9. The van der Waals surface area contributed by atoms with E-state index in [9.17, 15) is 9.59 Å². The van der Waals surface area contributed by atoms with Gasteiger partial charge in [-0.25, -0.2) is 4.79 Å². The molecule has 1 aromatic carbocycles. The van der Waals surface area contributed by atoms with Crippen molar-refractivity contribution in [2.45, 2.75) is 50.7 Å². The molecule has 1 amide bonds. The van der Waals surface area contributed by atoms with Crippen LogP contribution >= 0.6 is 23.1 Å². The van der Waals surface area contributed by atoms with E-state index in [2.05, 4.69) is 28.2 Å². The lowest BCUT2D eigenvalue weighted by Gasteiger charge is -2.09. The number of carbonyl (C=O) groups is 2. The van der Waals surface area contributed by atoms with Gasteiger partial charge in [0.2, 0.25) is 5.91 Å². The first-order chi connectivity index (χ1) is 16.5. The molecule has 9 heteroatoms. The summed E-state index contributed by atoms with van der Waals surface area (Å²) in [4.78, 5) is 26.6. The molecule has 0 unspecified atom stereocenters. The number of nitrogens with one attached hydrogen (secondary N) is 1. The Kier molecular flexibility index (Phi) is 7.84. The molecule has 34 heavy (non-hydrogen) atoms. The highest BCUT2D eigenvalue weighted by Crippen LogP contribution is 2.38. The molecule has 0 atom stereocenters. The Morgan fingerprint density at radius 1 is 1.26 bits per heavy atom. The molecule has 0 bridgehead atoms. The van der Waals surface area contributed by atoms with Gasteiger partial charge in [0.25, 0.3) is 0 Å². The van der Waals surface area contributed by atoms with E-state index in [1.54, 1.807) is 6.08 Å². The normalized spacial score (nSPS) is 13.1. The van der Waals surface area contributed by atoms with Crippen molar-refractivity contribution >= 4 is 40.0 Å². The van der Waals surface area contributed by atoms with Crippen LogP contribution in [0, 0.1) is 6.92 Å². The van der Waals surface area contributed by atoms with Crippen LogP contribution in [0.25, 0.3) is 11.4 Å². The lowest BCUT2D eigenvalue weighted by atomic mass is 10.1. The van der Waals surface area contributed by atoms with Crippen molar-refractivity contribution in [3.05, 3.63) is 58.5 Å². The van der Waals surface area contributed by atoms with Crippen LogP contribution in [0.2, 0.25) is 0 Å². The summed E-state index contributed by atoms with van der Waals surface area (Å²) in [7, 11) is 1.38. The number of fused-ring (bicyclic) bond motifs is 1. The number of aromatic nitrogens is 3. The molecule has 1 N–H and O–H groups in total. The van der Waals surface area contributed by atoms with E-state index >= 15 is 0 Å². The van der Waals surface area contributed by atoms with Gasteiger partial charge in [0.1, 0.15) is 5.00 Å². The van der Waals surface area contributed by atoms with Gasteiger partial charge in [-0.1, -0.05) is 48.0 Å². The molecule has 1 aliphatic carbocycles. The molecule has 2 aromatic heterocycles. The average molecular weight is 497 g/mol. The number of rotatable bonds is 8. The predicted molar refractivity (Wildman–Crippen MR) is 137 cm³/mol. The van der Waals surface area contributed by atoms with E-state index in [4.69, 9.17) is 4.74 Å². The highest BCUT2D eigenvalue weighted by Gasteiger charge is 2.26. The van der Waals surface area contributed by atoms with Crippen LogP contribution in [0.15, 0.2) is 42.1 Å². The summed E-state index contributed by atoms with van der Waals surface area (Å²) in [5.74, 6) is 0.293. The van der Waals surface area contributed by atoms with Gasteiger partial charge >= 0.3 is 5.97 Å². The van der Waals surface area contributed by atoms with Crippen LogP contribution in [0.5, 0.6) is 0 Å². The summed E-state index contributed by atoms with van der Waals surface area (Å²) < 4.78 is 6.98. The monoisotopic (exact) mass is 496 g/mol. The SMILES string of the molecule is C=CCn1c(SCC(=O)Nc2sc3c(c2C(=O)OC)CCCCC3)nnc1-c1cccc(C)c1. The molecule has 2 heterocycles. The van der Waals surface area contributed by atoms with Crippen LogP contribution in [0.1, 0.15) is 45.6 Å². The number of hydrogen-bond acceptors (Lipinski definition) is 7. The van der Waals surface area contributed by atoms with Gasteiger partial charge in [-0.3, -0.25) is 9.36 Å². The second-order valence-corrected chi connectivity index (χ2v) is 10.2. The highest BCUT2D eigenvalue weighted by molar-refractivity contribution is 7.99. The minimum atomic E-state index is -0.393. The summed E-state index contributed by atoms with van der Waals surface area (Å²) in [6.45, 7) is 6.41. The Labute approximate surface area is 207 Å². The maximum absolute atomic E-state index is 12.9. The van der Waals surface area contributed by atoms with Crippen LogP contribution in [-0.2, 0) is 28.9 Å². The highest BCUT2D eigenvalue weighted by atomic mass is 32.2. The summed E-state index contributed by atoms with van der Waals surface area (Å²) in [6.07, 6.45) is 6.84. The minimum absolute atomic E-state index is 0.145. The predicted octanol–water partition coefficient (Wildman–Crippen LogP) is 5.29.